The SMILES string of the molecule is CC(O)C(NC(=O)c1cc(Cl)ccc1F)C(=O)NCCc1ccc(OC(F)F)cc1. The number of carbonyl (C=O) groups excluding carboxylic acids is 2. The molecule has 0 saturated heterocycles. The fourth-order valence-corrected chi connectivity index (χ4v) is 2.75. The number of hydrogen-bond acceptors (Lipinski definition) is 4. The first-order chi connectivity index (χ1) is 14.2. The largest absolute Gasteiger partial charge is 0.435 e. The quantitative estimate of drug-likeness (QED) is 0.555. The Kier molecular flexibility index (Phi) is 8.49. The molecule has 6 nitrogen and oxygen atoms in total. The zero-order valence-electron chi connectivity index (χ0n) is 15.9. The van der Waals surface area contributed by atoms with Crippen molar-refractivity contribution in [3.63, 3.8) is 0 Å². The lowest BCUT2D eigenvalue weighted by Crippen LogP contribution is -2.52. The molecule has 2 rings (SSSR count). The van der Waals surface area contributed by atoms with Gasteiger partial charge in [-0.25, -0.2) is 4.39 Å². The molecule has 2 atom stereocenters. The molecule has 0 fully saturated rings. The second-order valence-electron chi connectivity index (χ2n) is 6.38. The third-order valence-electron chi connectivity index (χ3n) is 4.09. The van der Waals surface area contributed by atoms with Crippen LogP contribution in [0, 0.1) is 5.82 Å². The van der Waals surface area contributed by atoms with Gasteiger partial charge in [0.15, 0.2) is 0 Å². The molecule has 10 heteroatoms. The van der Waals surface area contributed by atoms with Crippen molar-refractivity contribution in [2.75, 3.05) is 6.54 Å². The lowest BCUT2D eigenvalue weighted by Gasteiger charge is -2.21. The monoisotopic (exact) mass is 444 g/mol. The maximum atomic E-state index is 13.8. The molecule has 0 aliphatic rings. The van der Waals surface area contributed by atoms with E-state index >= 15 is 0 Å². The van der Waals surface area contributed by atoms with Gasteiger partial charge in [-0.3, -0.25) is 9.59 Å². The second kappa shape index (κ2) is 10.8. The van der Waals surface area contributed by atoms with Gasteiger partial charge in [0, 0.05) is 11.6 Å². The van der Waals surface area contributed by atoms with Crippen LogP contribution in [0.3, 0.4) is 0 Å². The summed E-state index contributed by atoms with van der Waals surface area (Å²) in [4.78, 5) is 24.6. The molecular formula is C20H20ClF3N2O4. The van der Waals surface area contributed by atoms with Crippen LogP contribution >= 0.6 is 11.6 Å². The van der Waals surface area contributed by atoms with Crippen LogP contribution in [0.5, 0.6) is 5.75 Å². The minimum absolute atomic E-state index is 0.0166. The Labute approximate surface area is 176 Å². The smallest absolute Gasteiger partial charge is 0.387 e. The van der Waals surface area contributed by atoms with Gasteiger partial charge in [-0.1, -0.05) is 23.7 Å². The molecule has 2 unspecified atom stereocenters. The molecule has 30 heavy (non-hydrogen) atoms. The Hall–Kier alpha value is -2.78. The van der Waals surface area contributed by atoms with Crippen molar-refractivity contribution in [2.24, 2.45) is 0 Å². The van der Waals surface area contributed by atoms with Gasteiger partial charge in [0.05, 0.1) is 11.7 Å². The molecule has 2 aromatic rings. The summed E-state index contributed by atoms with van der Waals surface area (Å²) in [6.45, 7) is -1.46. The third kappa shape index (κ3) is 6.93. The summed E-state index contributed by atoms with van der Waals surface area (Å²) in [5.41, 5.74) is 0.391. The summed E-state index contributed by atoms with van der Waals surface area (Å²) in [5, 5.41) is 14.8. The van der Waals surface area contributed by atoms with Crippen LogP contribution in [0.4, 0.5) is 13.2 Å². The number of benzene rings is 2. The van der Waals surface area contributed by atoms with E-state index in [-0.39, 0.29) is 22.9 Å². The van der Waals surface area contributed by atoms with Crippen molar-refractivity contribution in [1.29, 1.82) is 0 Å². The Morgan fingerprint density at radius 1 is 1.17 bits per heavy atom. The number of nitrogens with one attached hydrogen (secondary N) is 2. The molecule has 2 amide bonds. The zero-order chi connectivity index (χ0) is 22.3. The van der Waals surface area contributed by atoms with Crippen LogP contribution < -0.4 is 15.4 Å². The van der Waals surface area contributed by atoms with Gasteiger partial charge < -0.3 is 20.5 Å². The third-order valence-corrected chi connectivity index (χ3v) is 4.32. The molecule has 0 heterocycles. The lowest BCUT2D eigenvalue weighted by atomic mass is 10.1. The summed E-state index contributed by atoms with van der Waals surface area (Å²) in [6.07, 6.45) is -0.883. The molecule has 162 valence electrons. The minimum atomic E-state index is -2.91. The van der Waals surface area contributed by atoms with E-state index in [0.717, 1.165) is 17.7 Å². The van der Waals surface area contributed by atoms with Crippen molar-refractivity contribution in [2.45, 2.75) is 32.1 Å². The normalized spacial score (nSPS) is 12.9. The van der Waals surface area contributed by atoms with Gasteiger partial charge in [-0.05, 0) is 49.2 Å². The van der Waals surface area contributed by atoms with E-state index in [9.17, 15) is 27.9 Å². The number of aliphatic hydroxyl groups excluding tert-OH is 1. The second-order valence-corrected chi connectivity index (χ2v) is 6.82. The van der Waals surface area contributed by atoms with Crippen LogP contribution in [0.25, 0.3) is 0 Å². The van der Waals surface area contributed by atoms with Gasteiger partial charge >= 0.3 is 6.61 Å². The number of aliphatic hydroxyl groups is 1. The van der Waals surface area contributed by atoms with E-state index < -0.39 is 36.4 Å². The fraction of sp³-hybridized carbons (Fsp3) is 0.300. The average Bonchev–Trinajstić information content (AvgIpc) is 2.68. The predicted molar refractivity (Wildman–Crippen MR) is 104 cm³/mol. The standard InChI is InChI=1S/C20H20ClF3N2O4/c1-11(27)17(26-18(28)15-10-13(21)4-7-16(15)22)19(29)25-9-8-12-2-5-14(6-3-12)30-20(23)24/h2-7,10-11,17,20,27H,8-9H2,1H3,(H,25,29)(H,26,28). The topological polar surface area (TPSA) is 87.7 Å². The minimum Gasteiger partial charge on any atom is -0.435 e. The van der Waals surface area contributed by atoms with Crippen molar-refractivity contribution in [3.05, 3.63) is 64.4 Å². The summed E-state index contributed by atoms with van der Waals surface area (Å²) >= 11 is 5.76. The number of carbonyl (C=O) groups is 2. The number of amides is 2. The van der Waals surface area contributed by atoms with Gasteiger partial charge in [-0.2, -0.15) is 8.78 Å². The zero-order valence-corrected chi connectivity index (χ0v) is 16.6. The summed E-state index contributed by atoms with van der Waals surface area (Å²) in [7, 11) is 0. The van der Waals surface area contributed by atoms with E-state index in [1.165, 1.54) is 25.1 Å². The van der Waals surface area contributed by atoms with Gasteiger partial charge in [0.2, 0.25) is 5.91 Å². The van der Waals surface area contributed by atoms with Gasteiger partial charge in [0.1, 0.15) is 17.6 Å². The van der Waals surface area contributed by atoms with Crippen LogP contribution in [0.1, 0.15) is 22.8 Å². The molecule has 0 aliphatic heterocycles. The van der Waals surface area contributed by atoms with E-state index in [0.29, 0.717) is 6.42 Å². The number of rotatable bonds is 9. The number of halogens is 4. The highest BCUT2D eigenvalue weighted by atomic mass is 35.5. The van der Waals surface area contributed by atoms with Crippen molar-refractivity contribution < 1.29 is 32.6 Å². The summed E-state index contributed by atoms with van der Waals surface area (Å²) in [6, 6.07) is 7.98. The van der Waals surface area contributed by atoms with Crippen LogP contribution in [0.15, 0.2) is 42.5 Å². The molecule has 0 bridgehead atoms. The van der Waals surface area contributed by atoms with E-state index in [1.807, 2.05) is 0 Å². The van der Waals surface area contributed by atoms with Gasteiger partial charge in [-0.15, -0.1) is 0 Å². The highest BCUT2D eigenvalue weighted by Gasteiger charge is 2.27. The predicted octanol–water partition coefficient (Wildman–Crippen LogP) is 2.92. The van der Waals surface area contributed by atoms with Crippen LogP contribution in [-0.4, -0.2) is 42.2 Å². The number of hydrogen-bond donors (Lipinski definition) is 3. The van der Waals surface area contributed by atoms with Crippen molar-refractivity contribution in [3.8, 4) is 5.75 Å². The molecular weight excluding hydrogens is 425 g/mol. The van der Waals surface area contributed by atoms with Crippen LogP contribution in [0.2, 0.25) is 5.02 Å². The van der Waals surface area contributed by atoms with E-state index in [4.69, 9.17) is 11.6 Å². The number of alkyl halides is 2. The fourth-order valence-electron chi connectivity index (χ4n) is 2.57. The summed E-state index contributed by atoms with van der Waals surface area (Å²) < 4.78 is 42.4. The Balaban J connectivity index is 1.92. The first-order valence-electron chi connectivity index (χ1n) is 8.93. The molecule has 0 radical (unpaired) electrons. The summed E-state index contributed by atoms with van der Waals surface area (Å²) in [5.74, 6) is -2.37. The van der Waals surface area contributed by atoms with E-state index in [2.05, 4.69) is 15.4 Å². The highest BCUT2D eigenvalue weighted by Crippen LogP contribution is 2.16. The average molecular weight is 445 g/mol. The molecule has 2 aromatic carbocycles. The molecule has 3 N–H and O–H groups in total. The lowest BCUT2D eigenvalue weighted by molar-refractivity contribution is -0.125. The Morgan fingerprint density at radius 2 is 1.83 bits per heavy atom. The molecule has 0 aliphatic carbocycles. The molecule has 0 aromatic heterocycles. The Morgan fingerprint density at radius 3 is 2.43 bits per heavy atom. The van der Waals surface area contributed by atoms with E-state index in [1.54, 1.807) is 12.1 Å². The Bertz CT molecular complexity index is 879. The molecule has 0 spiro atoms. The van der Waals surface area contributed by atoms with Gasteiger partial charge in [0.25, 0.3) is 5.91 Å². The molecule has 0 saturated carbocycles. The van der Waals surface area contributed by atoms with Crippen molar-refractivity contribution in [1.82, 2.24) is 10.6 Å². The first kappa shape index (κ1) is 23.5. The number of ether oxygens (including phenoxy) is 1. The highest BCUT2D eigenvalue weighted by molar-refractivity contribution is 6.31. The van der Waals surface area contributed by atoms with Crippen molar-refractivity contribution >= 4 is 23.4 Å². The maximum absolute atomic E-state index is 13.8. The van der Waals surface area contributed by atoms with Crippen LogP contribution in [-0.2, 0) is 11.2 Å². The first-order valence-corrected chi connectivity index (χ1v) is 9.30. The maximum Gasteiger partial charge on any atom is 0.387 e.